The fourth-order valence-electron chi connectivity index (χ4n) is 3.92. The Balaban J connectivity index is 1.97. The lowest BCUT2D eigenvalue weighted by molar-refractivity contribution is -0.184. The molecule has 0 radical (unpaired) electrons. The van der Waals surface area contributed by atoms with E-state index in [-0.39, 0.29) is 24.6 Å². The topological polar surface area (TPSA) is 104 Å². The largest absolute Gasteiger partial charge is 0.386 e. The highest BCUT2D eigenvalue weighted by Gasteiger charge is 2.94. The van der Waals surface area contributed by atoms with Crippen molar-refractivity contribution in [3.8, 4) is 12.1 Å². The quantitative estimate of drug-likeness (QED) is 0.803. The molecule has 1 spiro atoms. The second kappa shape index (κ2) is 4.30. The molecule has 6 nitrogen and oxygen atoms in total. The zero-order valence-corrected chi connectivity index (χ0v) is 13.3. The van der Waals surface area contributed by atoms with Gasteiger partial charge in [0, 0.05) is 10.4 Å². The minimum absolute atomic E-state index is 0.0483. The molecule has 2 N–H and O–H groups in total. The van der Waals surface area contributed by atoms with Gasteiger partial charge < -0.3 is 15.2 Å². The molecule has 1 aromatic rings. The van der Waals surface area contributed by atoms with Crippen LogP contribution in [0, 0.1) is 39.3 Å². The maximum Gasteiger partial charge on any atom is 0.293 e. The molecule has 3 aliphatic rings. The molecule has 2 heterocycles. The lowest BCUT2D eigenvalue weighted by Gasteiger charge is -2.25. The Bertz CT molecular complexity index is 839. The summed E-state index contributed by atoms with van der Waals surface area (Å²) in [6.07, 6.45) is 0. The third-order valence-electron chi connectivity index (χ3n) is 4.88. The van der Waals surface area contributed by atoms with E-state index < -0.39 is 28.5 Å². The predicted molar refractivity (Wildman–Crippen MR) is 79.2 cm³/mol. The first-order chi connectivity index (χ1) is 11.0. The zero-order valence-electron chi connectivity index (χ0n) is 11.7. The average molecular weight is 377 g/mol. The van der Waals surface area contributed by atoms with Crippen LogP contribution in [-0.4, -0.2) is 25.0 Å². The van der Waals surface area contributed by atoms with Crippen LogP contribution in [-0.2, 0) is 9.47 Å². The van der Waals surface area contributed by atoms with Gasteiger partial charge in [0.15, 0.2) is 5.41 Å². The van der Waals surface area contributed by atoms with Gasteiger partial charge in [-0.15, -0.1) is 0 Å². The minimum atomic E-state index is -1.64. The minimum Gasteiger partial charge on any atom is -0.386 e. The number of fused-ring (bicyclic) bond motifs is 2. The summed E-state index contributed by atoms with van der Waals surface area (Å²) in [4.78, 5) is 4.13. The Morgan fingerprint density at radius 2 is 2.00 bits per heavy atom. The maximum atomic E-state index is 14.4. The van der Waals surface area contributed by atoms with Gasteiger partial charge in [0.05, 0.1) is 25.4 Å². The van der Waals surface area contributed by atoms with Gasteiger partial charge >= 0.3 is 0 Å². The molecule has 0 amide bonds. The number of nitriles is 2. The molecular formula is C15H10BrFN4O2. The van der Waals surface area contributed by atoms with Gasteiger partial charge in [0.2, 0.25) is 0 Å². The van der Waals surface area contributed by atoms with E-state index in [9.17, 15) is 14.9 Å². The van der Waals surface area contributed by atoms with E-state index in [0.717, 1.165) is 0 Å². The molecule has 1 aliphatic carbocycles. The number of halogens is 2. The SMILES string of the molecule is N#CC12C(N)=NC3(OCCO3)C1(C#N)C2c1cc(Br)ccc1F. The summed E-state index contributed by atoms with van der Waals surface area (Å²) in [6, 6.07) is 8.57. The summed E-state index contributed by atoms with van der Waals surface area (Å²) < 4.78 is 26.2. The van der Waals surface area contributed by atoms with Crippen molar-refractivity contribution in [1.29, 1.82) is 10.5 Å². The van der Waals surface area contributed by atoms with Crippen LogP contribution in [0.2, 0.25) is 0 Å². The van der Waals surface area contributed by atoms with E-state index in [1.165, 1.54) is 6.07 Å². The molecule has 3 unspecified atom stereocenters. The highest BCUT2D eigenvalue weighted by Crippen LogP contribution is 2.82. The fraction of sp³-hybridized carbons (Fsp3) is 0.400. The Morgan fingerprint density at radius 1 is 1.30 bits per heavy atom. The van der Waals surface area contributed by atoms with Crippen molar-refractivity contribution in [2.75, 3.05) is 13.2 Å². The number of hydrogen-bond acceptors (Lipinski definition) is 6. The van der Waals surface area contributed by atoms with Crippen molar-refractivity contribution in [3.63, 3.8) is 0 Å². The van der Waals surface area contributed by atoms with Crippen molar-refractivity contribution in [3.05, 3.63) is 34.1 Å². The third-order valence-corrected chi connectivity index (χ3v) is 5.37. The smallest absolute Gasteiger partial charge is 0.293 e. The Hall–Kier alpha value is -2.00. The van der Waals surface area contributed by atoms with Gasteiger partial charge in [0.1, 0.15) is 17.1 Å². The number of benzene rings is 1. The van der Waals surface area contributed by atoms with Crippen LogP contribution in [0.5, 0.6) is 0 Å². The van der Waals surface area contributed by atoms with E-state index in [1.54, 1.807) is 12.1 Å². The number of amidine groups is 1. The number of ether oxygens (including phenoxy) is 2. The van der Waals surface area contributed by atoms with E-state index in [4.69, 9.17) is 15.2 Å². The molecule has 1 aromatic carbocycles. The van der Waals surface area contributed by atoms with Gasteiger partial charge in [-0.05, 0) is 23.8 Å². The zero-order chi connectivity index (χ0) is 16.5. The van der Waals surface area contributed by atoms with Crippen LogP contribution in [0.1, 0.15) is 11.5 Å². The normalized spacial score (nSPS) is 36.2. The predicted octanol–water partition coefficient (Wildman–Crippen LogP) is 1.78. The fourth-order valence-corrected chi connectivity index (χ4v) is 4.30. The molecular weight excluding hydrogens is 367 g/mol. The van der Waals surface area contributed by atoms with Crippen molar-refractivity contribution in [1.82, 2.24) is 0 Å². The molecule has 1 saturated heterocycles. The summed E-state index contributed by atoms with van der Waals surface area (Å²) in [7, 11) is 0. The highest BCUT2D eigenvalue weighted by atomic mass is 79.9. The van der Waals surface area contributed by atoms with Crippen LogP contribution >= 0.6 is 15.9 Å². The van der Waals surface area contributed by atoms with Gasteiger partial charge in [-0.2, -0.15) is 10.5 Å². The number of nitrogens with two attached hydrogens (primary N) is 1. The Kier molecular flexibility index (Phi) is 2.72. The van der Waals surface area contributed by atoms with Crippen LogP contribution < -0.4 is 5.73 Å². The van der Waals surface area contributed by atoms with Crippen LogP contribution in [0.3, 0.4) is 0 Å². The molecule has 2 aliphatic heterocycles. The van der Waals surface area contributed by atoms with E-state index in [1.807, 2.05) is 0 Å². The summed E-state index contributed by atoms with van der Waals surface area (Å²) in [5, 5.41) is 19.6. The van der Waals surface area contributed by atoms with Gasteiger partial charge in [-0.3, -0.25) is 0 Å². The standard InChI is InChI=1S/C15H10BrFN4O2/c16-8-1-2-10(17)9(5-8)11-13(6-18)12(20)21-15(14(11,13)7-19)22-3-4-23-15/h1-2,5,11H,3-4H2,(H2,20,21). The summed E-state index contributed by atoms with van der Waals surface area (Å²) >= 11 is 3.28. The van der Waals surface area contributed by atoms with Crippen LogP contribution in [0.15, 0.2) is 27.7 Å². The molecule has 116 valence electrons. The molecule has 1 saturated carbocycles. The first-order valence-corrected chi connectivity index (χ1v) is 7.69. The monoisotopic (exact) mass is 376 g/mol. The number of hydrogen-bond donors (Lipinski definition) is 1. The molecule has 0 aromatic heterocycles. The maximum absolute atomic E-state index is 14.4. The van der Waals surface area contributed by atoms with Crippen molar-refractivity contribution in [2.24, 2.45) is 21.6 Å². The van der Waals surface area contributed by atoms with Crippen molar-refractivity contribution < 1.29 is 13.9 Å². The second-order valence-corrected chi connectivity index (χ2v) is 6.63. The lowest BCUT2D eigenvalue weighted by atomic mass is 9.94. The molecule has 0 bridgehead atoms. The number of rotatable bonds is 1. The molecule has 23 heavy (non-hydrogen) atoms. The third kappa shape index (κ3) is 1.36. The first kappa shape index (κ1) is 14.6. The number of nitrogens with zero attached hydrogens (tertiary/aromatic N) is 3. The molecule has 3 atom stereocenters. The van der Waals surface area contributed by atoms with Gasteiger partial charge in [-0.1, -0.05) is 15.9 Å². The van der Waals surface area contributed by atoms with Crippen molar-refractivity contribution in [2.45, 2.75) is 11.8 Å². The van der Waals surface area contributed by atoms with Crippen LogP contribution in [0.25, 0.3) is 0 Å². The molecule has 8 heteroatoms. The summed E-state index contributed by atoms with van der Waals surface area (Å²) in [6.45, 7) is 0.463. The first-order valence-electron chi connectivity index (χ1n) is 6.90. The molecule has 2 fully saturated rings. The van der Waals surface area contributed by atoms with Gasteiger partial charge in [-0.25, -0.2) is 9.38 Å². The van der Waals surface area contributed by atoms with Crippen molar-refractivity contribution >= 4 is 21.8 Å². The second-order valence-electron chi connectivity index (χ2n) is 5.71. The highest BCUT2D eigenvalue weighted by molar-refractivity contribution is 9.10. The van der Waals surface area contributed by atoms with Gasteiger partial charge in [0.25, 0.3) is 5.91 Å². The number of aliphatic imine (C=N–C) groups is 1. The van der Waals surface area contributed by atoms with E-state index >= 15 is 0 Å². The van der Waals surface area contributed by atoms with E-state index in [0.29, 0.717) is 4.47 Å². The summed E-state index contributed by atoms with van der Waals surface area (Å²) in [5.41, 5.74) is 3.26. The van der Waals surface area contributed by atoms with E-state index in [2.05, 4.69) is 33.1 Å². The average Bonchev–Trinajstić information content (AvgIpc) is 2.78. The Morgan fingerprint density at radius 3 is 2.61 bits per heavy atom. The summed E-state index contributed by atoms with van der Waals surface area (Å²) in [5.74, 6) is -3.01. The lowest BCUT2D eigenvalue weighted by Crippen LogP contribution is -2.38. The Labute approximate surface area is 139 Å². The van der Waals surface area contributed by atoms with Crippen LogP contribution in [0.4, 0.5) is 4.39 Å². The molecule has 4 rings (SSSR count).